The average molecular weight is 676 g/mol. The molecular formula is C49H29N3O. The van der Waals surface area contributed by atoms with Crippen molar-refractivity contribution in [3.63, 3.8) is 0 Å². The fourth-order valence-corrected chi connectivity index (χ4v) is 7.08. The number of nitrogens with zero attached hydrogens (tertiary/aromatic N) is 3. The fraction of sp³-hybridized carbons (Fsp3) is 0. The van der Waals surface area contributed by atoms with Gasteiger partial charge in [-0.15, -0.1) is 0 Å². The van der Waals surface area contributed by atoms with Crippen LogP contribution in [0.25, 0.3) is 100 Å². The van der Waals surface area contributed by atoms with Crippen LogP contribution >= 0.6 is 0 Å². The van der Waals surface area contributed by atoms with Crippen molar-refractivity contribution >= 4 is 32.7 Å². The lowest BCUT2D eigenvalue weighted by Crippen LogP contribution is -2.00. The standard InChI is InChI=1S/C49H29N3O/c1-3-11-32(12-4-1)34-21-24-36(25-22-34)48-50-47(35-14-5-2-6-15-35)51-49(52-48)42-19-10-20-45-46(42)43-31-41(27-28-44(43)53-45)39-18-9-17-38(30-39)40-26-23-33-13-7-8-16-37(33)29-40/h1-8,10-16,18-31H. The summed E-state index contributed by atoms with van der Waals surface area (Å²) in [7, 11) is 0. The minimum Gasteiger partial charge on any atom is -0.456 e. The molecule has 0 saturated carbocycles. The highest BCUT2D eigenvalue weighted by Crippen LogP contribution is 2.39. The van der Waals surface area contributed by atoms with E-state index < -0.39 is 0 Å². The molecule has 246 valence electrons. The average Bonchev–Trinajstić information content (AvgIpc) is 3.62. The largest absolute Gasteiger partial charge is 0.456 e. The SMILES string of the molecule is c1cc(-c2ccc3oc4cccc(-c5nc(-c6ccccc6)nc(-c6ccc(-c7ccccc7)cc6)n5)c4c3c2)cc(-c2ccc3ccccc3c2)c#1. The van der Waals surface area contributed by atoms with Crippen LogP contribution in [0, 0.1) is 12.1 Å². The number of fused-ring (bicyclic) bond motifs is 4. The molecule has 10 rings (SSSR count). The van der Waals surface area contributed by atoms with Crippen LogP contribution in [0.1, 0.15) is 0 Å². The van der Waals surface area contributed by atoms with E-state index in [0.717, 1.165) is 72.0 Å². The molecule has 0 atom stereocenters. The third-order valence-electron chi connectivity index (χ3n) is 9.78. The predicted octanol–water partition coefficient (Wildman–Crippen LogP) is 12.5. The van der Waals surface area contributed by atoms with Gasteiger partial charge in [0.05, 0.1) is 0 Å². The maximum Gasteiger partial charge on any atom is 0.164 e. The monoisotopic (exact) mass is 675 g/mol. The van der Waals surface area contributed by atoms with Crippen molar-refractivity contribution in [3.8, 4) is 67.5 Å². The molecule has 0 aliphatic heterocycles. The van der Waals surface area contributed by atoms with E-state index in [9.17, 15) is 0 Å². The summed E-state index contributed by atoms with van der Waals surface area (Å²) in [4.78, 5) is 15.2. The van der Waals surface area contributed by atoms with Crippen molar-refractivity contribution in [1.82, 2.24) is 15.0 Å². The normalized spacial score (nSPS) is 11.2. The lowest BCUT2D eigenvalue weighted by atomic mass is 9.97. The van der Waals surface area contributed by atoms with Crippen molar-refractivity contribution in [2.45, 2.75) is 0 Å². The maximum atomic E-state index is 6.44. The summed E-state index contributed by atoms with van der Waals surface area (Å²) >= 11 is 0. The second-order valence-electron chi connectivity index (χ2n) is 13.1. The zero-order valence-corrected chi connectivity index (χ0v) is 28.5. The van der Waals surface area contributed by atoms with E-state index in [1.54, 1.807) is 0 Å². The van der Waals surface area contributed by atoms with Gasteiger partial charge in [0.1, 0.15) is 11.2 Å². The van der Waals surface area contributed by atoms with Gasteiger partial charge in [0, 0.05) is 33.0 Å². The second kappa shape index (κ2) is 12.8. The van der Waals surface area contributed by atoms with Crippen LogP contribution in [0.4, 0.5) is 0 Å². The molecule has 0 unspecified atom stereocenters. The van der Waals surface area contributed by atoms with E-state index in [1.165, 1.54) is 10.8 Å². The molecule has 4 heteroatoms. The Morgan fingerprint density at radius 1 is 0.396 bits per heavy atom. The zero-order chi connectivity index (χ0) is 35.1. The molecule has 0 spiro atoms. The molecule has 53 heavy (non-hydrogen) atoms. The summed E-state index contributed by atoms with van der Waals surface area (Å²) < 4.78 is 6.44. The van der Waals surface area contributed by atoms with Crippen LogP contribution in [0.15, 0.2) is 180 Å². The van der Waals surface area contributed by atoms with Crippen LogP contribution < -0.4 is 0 Å². The topological polar surface area (TPSA) is 51.8 Å². The highest BCUT2D eigenvalue weighted by atomic mass is 16.3. The number of benzene rings is 7. The second-order valence-corrected chi connectivity index (χ2v) is 13.1. The van der Waals surface area contributed by atoms with Crippen LogP contribution in [-0.4, -0.2) is 15.0 Å². The fourth-order valence-electron chi connectivity index (χ4n) is 7.08. The third kappa shape index (κ3) is 5.67. The van der Waals surface area contributed by atoms with Gasteiger partial charge in [-0.25, -0.2) is 15.0 Å². The molecular weight excluding hydrogens is 647 g/mol. The van der Waals surface area contributed by atoms with Gasteiger partial charge < -0.3 is 4.42 Å². The van der Waals surface area contributed by atoms with E-state index in [4.69, 9.17) is 19.4 Å². The molecule has 0 amide bonds. The highest BCUT2D eigenvalue weighted by molar-refractivity contribution is 6.12. The molecule has 0 saturated heterocycles. The minimum absolute atomic E-state index is 0.584. The Morgan fingerprint density at radius 2 is 1.02 bits per heavy atom. The molecule has 10 aromatic rings. The van der Waals surface area contributed by atoms with E-state index in [1.807, 2.05) is 60.7 Å². The number of furan rings is 1. The summed E-state index contributed by atoms with van der Waals surface area (Å²) in [5.41, 5.74) is 10.8. The Bertz CT molecular complexity index is 2930. The summed E-state index contributed by atoms with van der Waals surface area (Å²) in [6, 6.07) is 66.9. The molecule has 0 aliphatic carbocycles. The van der Waals surface area contributed by atoms with Gasteiger partial charge in [-0.2, -0.15) is 0 Å². The number of aromatic nitrogens is 3. The molecule has 0 aliphatic rings. The Hall–Kier alpha value is -7.35. The lowest BCUT2D eigenvalue weighted by molar-refractivity contribution is 0.669. The molecule has 0 radical (unpaired) electrons. The van der Waals surface area contributed by atoms with Gasteiger partial charge in [0.15, 0.2) is 17.5 Å². The summed E-state index contributed by atoms with van der Waals surface area (Å²) in [6.45, 7) is 0. The molecule has 0 bridgehead atoms. The van der Waals surface area contributed by atoms with Gasteiger partial charge in [-0.05, 0) is 75.0 Å². The zero-order valence-electron chi connectivity index (χ0n) is 28.5. The van der Waals surface area contributed by atoms with Crippen molar-refractivity contribution in [3.05, 3.63) is 188 Å². The smallest absolute Gasteiger partial charge is 0.164 e. The van der Waals surface area contributed by atoms with Crippen molar-refractivity contribution in [1.29, 1.82) is 0 Å². The third-order valence-corrected chi connectivity index (χ3v) is 9.78. The molecule has 0 N–H and O–H groups in total. The highest BCUT2D eigenvalue weighted by Gasteiger charge is 2.18. The van der Waals surface area contributed by atoms with E-state index in [-0.39, 0.29) is 0 Å². The van der Waals surface area contributed by atoms with E-state index in [2.05, 4.69) is 127 Å². The number of rotatable bonds is 6. The molecule has 2 aromatic heterocycles. The Balaban J connectivity index is 1.10. The van der Waals surface area contributed by atoms with Crippen molar-refractivity contribution in [2.75, 3.05) is 0 Å². The van der Waals surface area contributed by atoms with Crippen molar-refractivity contribution in [2.24, 2.45) is 0 Å². The van der Waals surface area contributed by atoms with Crippen LogP contribution in [0.2, 0.25) is 0 Å². The first-order valence-corrected chi connectivity index (χ1v) is 17.6. The van der Waals surface area contributed by atoms with Crippen LogP contribution in [-0.2, 0) is 0 Å². The van der Waals surface area contributed by atoms with Gasteiger partial charge >= 0.3 is 0 Å². The Morgan fingerprint density at radius 3 is 1.81 bits per heavy atom. The maximum absolute atomic E-state index is 6.44. The first kappa shape index (κ1) is 30.5. The van der Waals surface area contributed by atoms with Gasteiger partial charge in [-0.1, -0.05) is 152 Å². The molecule has 8 aromatic carbocycles. The minimum atomic E-state index is 0.584. The molecule has 0 fully saturated rings. The van der Waals surface area contributed by atoms with Gasteiger partial charge in [0.25, 0.3) is 0 Å². The molecule has 4 nitrogen and oxygen atoms in total. The Labute approximate surface area is 306 Å². The van der Waals surface area contributed by atoms with Crippen LogP contribution in [0.5, 0.6) is 0 Å². The summed E-state index contributed by atoms with van der Waals surface area (Å²) in [6.07, 6.45) is 0. The molecule has 2 heterocycles. The van der Waals surface area contributed by atoms with Crippen molar-refractivity contribution < 1.29 is 4.42 Å². The summed E-state index contributed by atoms with van der Waals surface area (Å²) in [5, 5.41) is 4.36. The first-order chi connectivity index (χ1) is 26.2. The number of hydrogen-bond donors (Lipinski definition) is 0. The van der Waals surface area contributed by atoms with Gasteiger partial charge in [-0.3, -0.25) is 0 Å². The lowest BCUT2D eigenvalue weighted by Gasteiger charge is -2.10. The van der Waals surface area contributed by atoms with Gasteiger partial charge in [0.2, 0.25) is 0 Å². The predicted molar refractivity (Wildman–Crippen MR) is 215 cm³/mol. The number of hydrogen-bond acceptors (Lipinski definition) is 4. The Kier molecular flexibility index (Phi) is 7.34. The van der Waals surface area contributed by atoms with E-state index in [0.29, 0.717) is 17.5 Å². The van der Waals surface area contributed by atoms with E-state index >= 15 is 0 Å². The van der Waals surface area contributed by atoms with Crippen LogP contribution in [0.3, 0.4) is 0 Å². The summed E-state index contributed by atoms with van der Waals surface area (Å²) in [5.74, 6) is 1.80. The first-order valence-electron chi connectivity index (χ1n) is 17.6. The quantitative estimate of drug-likeness (QED) is 0.176.